The van der Waals surface area contributed by atoms with Crippen molar-refractivity contribution in [3.8, 4) is 5.75 Å². The minimum absolute atomic E-state index is 0.0502. The molecule has 1 saturated heterocycles. The first-order chi connectivity index (χ1) is 19.9. The number of ether oxygens (including phenoxy) is 1. The maximum Gasteiger partial charge on any atom is 0.264 e. The molecular formula is C32H36N4O4S. The van der Waals surface area contributed by atoms with Gasteiger partial charge in [0.1, 0.15) is 10.6 Å². The molecule has 2 heterocycles. The van der Waals surface area contributed by atoms with E-state index in [0.29, 0.717) is 29.9 Å². The Morgan fingerprint density at radius 1 is 0.951 bits per heavy atom. The molecule has 1 N–H and O–H groups in total. The summed E-state index contributed by atoms with van der Waals surface area (Å²) in [6.45, 7) is 6.70. The Balaban J connectivity index is 1.18. The molecule has 1 aliphatic heterocycles. The third kappa shape index (κ3) is 7.23. The SMILES string of the molecule is CCCCOc1cccc(CN2CCCN(C(=O)c3ccc(NS(=O)(=O)c4cccc5cccnc45)cc3)CC2)c1. The number of para-hydroxylation sites is 1. The first kappa shape index (κ1) is 28.6. The van der Waals surface area contributed by atoms with Crippen LogP contribution in [0.15, 0.2) is 90.0 Å². The van der Waals surface area contributed by atoms with Gasteiger partial charge in [0.15, 0.2) is 0 Å². The third-order valence-corrected chi connectivity index (χ3v) is 8.63. The molecule has 0 radical (unpaired) electrons. The van der Waals surface area contributed by atoms with Crippen LogP contribution >= 0.6 is 0 Å². The largest absolute Gasteiger partial charge is 0.494 e. The van der Waals surface area contributed by atoms with Gasteiger partial charge >= 0.3 is 0 Å². The molecule has 214 valence electrons. The van der Waals surface area contributed by atoms with Gasteiger partial charge in [0.2, 0.25) is 0 Å². The lowest BCUT2D eigenvalue weighted by molar-refractivity contribution is 0.0761. The number of nitrogens with zero attached hydrogens (tertiary/aromatic N) is 3. The van der Waals surface area contributed by atoms with Crippen LogP contribution in [0.5, 0.6) is 5.75 Å². The summed E-state index contributed by atoms with van der Waals surface area (Å²) in [5, 5.41) is 0.747. The van der Waals surface area contributed by atoms with Crippen molar-refractivity contribution in [1.82, 2.24) is 14.8 Å². The van der Waals surface area contributed by atoms with E-state index >= 15 is 0 Å². The van der Waals surface area contributed by atoms with E-state index in [9.17, 15) is 13.2 Å². The summed E-state index contributed by atoms with van der Waals surface area (Å²) in [5.74, 6) is 0.855. The number of carbonyl (C=O) groups excluding carboxylic acids is 1. The number of aromatic nitrogens is 1. The maximum absolute atomic E-state index is 13.3. The van der Waals surface area contributed by atoms with E-state index < -0.39 is 10.0 Å². The van der Waals surface area contributed by atoms with Gasteiger partial charge in [-0.3, -0.25) is 19.4 Å². The van der Waals surface area contributed by atoms with Gasteiger partial charge in [0.25, 0.3) is 15.9 Å². The highest BCUT2D eigenvalue weighted by molar-refractivity contribution is 7.93. The first-order valence-corrected chi connectivity index (χ1v) is 15.6. The smallest absolute Gasteiger partial charge is 0.264 e. The number of nitrogens with one attached hydrogen (secondary N) is 1. The Bertz CT molecular complexity index is 1590. The van der Waals surface area contributed by atoms with Crippen molar-refractivity contribution < 1.29 is 17.9 Å². The zero-order valence-corrected chi connectivity index (χ0v) is 24.1. The van der Waals surface area contributed by atoms with Gasteiger partial charge in [-0.15, -0.1) is 0 Å². The lowest BCUT2D eigenvalue weighted by Gasteiger charge is -2.22. The number of benzene rings is 3. The van der Waals surface area contributed by atoms with Gasteiger partial charge in [0.05, 0.1) is 12.1 Å². The zero-order valence-electron chi connectivity index (χ0n) is 23.3. The van der Waals surface area contributed by atoms with Gasteiger partial charge in [-0.25, -0.2) is 8.42 Å². The third-order valence-electron chi connectivity index (χ3n) is 7.22. The molecule has 1 aliphatic rings. The highest BCUT2D eigenvalue weighted by Crippen LogP contribution is 2.24. The second-order valence-corrected chi connectivity index (χ2v) is 11.9. The predicted octanol–water partition coefficient (Wildman–Crippen LogP) is 5.56. The number of anilines is 1. The number of hydrogen-bond donors (Lipinski definition) is 1. The van der Waals surface area contributed by atoms with Crippen LogP contribution in [-0.2, 0) is 16.6 Å². The molecule has 0 spiro atoms. The quantitative estimate of drug-likeness (QED) is 0.250. The summed E-state index contributed by atoms with van der Waals surface area (Å²) in [5.41, 5.74) is 2.54. The van der Waals surface area contributed by atoms with E-state index in [4.69, 9.17) is 4.74 Å². The molecule has 3 aromatic carbocycles. The standard InChI is InChI=1S/C32H36N4O4S/c1-2-3-22-40-29-11-4-8-25(23-29)24-35-18-7-19-36(21-20-35)32(37)27-13-15-28(16-14-27)34-41(38,39)30-12-5-9-26-10-6-17-33-31(26)30/h4-6,8-17,23,34H,2-3,7,18-22,24H2,1H3. The van der Waals surface area contributed by atoms with E-state index in [1.165, 1.54) is 11.6 Å². The van der Waals surface area contributed by atoms with Crippen molar-refractivity contribution in [2.75, 3.05) is 37.5 Å². The molecule has 0 unspecified atom stereocenters. The highest BCUT2D eigenvalue weighted by Gasteiger charge is 2.22. The fraction of sp³-hybridized carbons (Fsp3) is 0.312. The second kappa shape index (κ2) is 13.1. The van der Waals surface area contributed by atoms with Crippen LogP contribution in [0.3, 0.4) is 0 Å². The number of hydrogen-bond acceptors (Lipinski definition) is 6. The zero-order chi connectivity index (χ0) is 28.7. The molecule has 1 fully saturated rings. The van der Waals surface area contributed by atoms with Crippen molar-refractivity contribution in [3.05, 3.63) is 96.2 Å². The Hall–Kier alpha value is -3.95. The van der Waals surface area contributed by atoms with Crippen LogP contribution in [0.1, 0.15) is 42.1 Å². The topological polar surface area (TPSA) is 91.8 Å². The maximum atomic E-state index is 13.3. The number of amides is 1. The molecule has 8 nitrogen and oxygen atoms in total. The van der Waals surface area contributed by atoms with Crippen LogP contribution in [-0.4, -0.2) is 61.9 Å². The van der Waals surface area contributed by atoms with Gasteiger partial charge in [0, 0.05) is 55.6 Å². The summed E-state index contributed by atoms with van der Waals surface area (Å²) in [4.78, 5) is 21.9. The first-order valence-electron chi connectivity index (χ1n) is 14.1. The molecule has 9 heteroatoms. The Morgan fingerprint density at radius 2 is 1.76 bits per heavy atom. The minimum atomic E-state index is -3.86. The molecule has 1 aromatic heterocycles. The van der Waals surface area contributed by atoms with Crippen molar-refractivity contribution >= 4 is 32.5 Å². The van der Waals surface area contributed by atoms with E-state index in [0.717, 1.165) is 56.6 Å². The highest BCUT2D eigenvalue weighted by atomic mass is 32.2. The van der Waals surface area contributed by atoms with Crippen LogP contribution < -0.4 is 9.46 Å². The number of pyridine rings is 1. The number of fused-ring (bicyclic) bond motifs is 1. The lowest BCUT2D eigenvalue weighted by atomic mass is 10.2. The number of rotatable bonds is 10. The van der Waals surface area contributed by atoms with Gasteiger partial charge in [-0.1, -0.05) is 43.7 Å². The monoisotopic (exact) mass is 572 g/mol. The normalized spacial score (nSPS) is 14.5. The molecule has 0 saturated carbocycles. The van der Waals surface area contributed by atoms with Gasteiger partial charge in [-0.05, 0) is 66.9 Å². The Labute approximate surface area is 242 Å². The van der Waals surface area contributed by atoms with E-state index in [2.05, 4.69) is 33.7 Å². The Morgan fingerprint density at radius 3 is 2.59 bits per heavy atom. The number of carbonyl (C=O) groups is 1. The van der Waals surface area contributed by atoms with Crippen molar-refractivity contribution in [2.24, 2.45) is 0 Å². The van der Waals surface area contributed by atoms with Crippen LogP contribution in [0, 0.1) is 0 Å². The molecule has 0 aliphatic carbocycles. The fourth-order valence-corrected chi connectivity index (χ4v) is 6.26. The fourth-order valence-electron chi connectivity index (χ4n) is 5.02. The average molecular weight is 573 g/mol. The number of sulfonamides is 1. The summed E-state index contributed by atoms with van der Waals surface area (Å²) in [6.07, 6.45) is 4.61. The molecule has 4 aromatic rings. The van der Waals surface area contributed by atoms with E-state index in [1.807, 2.05) is 29.2 Å². The number of unbranched alkanes of at least 4 members (excludes halogenated alkanes) is 1. The summed E-state index contributed by atoms with van der Waals surface area (Å²) in [6, 6.07) is 23.5. The average Bonchev–Trinajstić information content (AvgIpc) is 3.22. The van der Waals surface area contributed by atoms with E-state index in [-0.39, 0.29) is 10.8 Å². The Kier molecular flexibility index (Phi) is 9.16. The summed E-state index contributed by atoms with van der Waals surface area (Å²) >= 11 is 0. The van der Waals surface area contributed by atoms with Crippen LogP contribution in [0.2, 0.25) is 0 Å². The van der Waals surface area contributed by atoms with Gasteiger partial charge < -0.3 is 9.64 Å². The van der Waals surface area contributed by atoms with Gasteiger partial charge in [-0.2, -0.15) is 0 Å². The minimum Gasteiger partial charge on any atom is -0.494 e. The van der Waals surface area contributed by atoms with Crippen molar-refractivity contribution in [1.29, 1.82) is 0 Å². The molecule has 5 rings (SSSR count). The van der Waals surface area contributed by atoms with Crippen LogP contribution in [0.25, 0.3) is 10.9 Å². The molecule has 41 heavy (non-hydrogen) atoms. The molecular weight excluding hydrogens is 536 g/mol. The predicted molar refractivity (Wildman–Crippen MR) is 162 cm³/mol. The van der Waals surface area contributed by atoms with Crippen molar-refractivity contribution in [2.45, 2.75) is 37.6 Å². The summed E-state index contributed by atoms with van der Waals surface area (Å²) in [7, 11) is -3.86. The molecule has 0 atom stereocenters. The summed E-state index contributed by atoms with van der Waals surface area (Å²) < 4.78 is 34.7. The van der Waals surface area contributed by atoms with Crippen LogP contribution in [0.4, 0.5) is 5.69 Å². The lowest BCUT2D eigenvalue weighted by Crippen LogP contribution is -2.35. The molecule has 0 bridgehead atoms. The second-order valence-electron chi connectivity index (χ2n) is 10.3. The van der Waals surface area contributed by atoms with Crippen molar-refractivity contribution in [3.63, 3.8) is 0 Å². The van der Waals surface area contributed by atoms with E-state index in [1.54, 1.807) is 42.6 Å². The molecule has 1 amide bonds.